The van der Waals surface area contributed by atoms with Gasteiger partial charge >= 0.3 is 0 Å². The number of anilines is 1. The highest BCUT2D eigenvalue weighted by Crippen LogP contribution is 2.39. The molecule has 1 aliphatic carbocycles. The molecule has 2 atom stereocenters. The van der Waals surface area contributed by atoms with Crippen LogP contribution in [-0.2, 0) is 0 Å². The number of carbonyl (C=O) groups is 1. The average Bonchev–Trinajstić information content (AvgIpc) is 3.19. The highest BCUT2D eigenvalue weighted by molar-refractivity contribution is 6.04. The van der Waals surface area contributed by atoms with Crippen molar-refractivity contribution in [2.24, 2.45) is 5.73 Å². The molecule has 0 aliphatic heterocycles. The summed E-state index contributed by atoms with van der Waals surface area (Å²) in [6.07, 6.45) is 0.975. The molecule has 5 heteroatoms. The number of nitrogens with one attached hydrogen (secondary N) is 1. The molecule has 1 amide bonds. The summed E-state index contributed by atoms with van der Waals surface area (Å²) in [6.45, 7) is 0. The molecular formula is C16H16ClFN2O. The number of rotatable bonds is 3. The fraction of sp³-hybridized carbons (Fsp3) is 0.188. The van der Waals surface area contributed by atoms with Gasteiger partial charge in [0.15, 0.2) is 0 Å². The van der Waals surface area contributed by atoms with E-state index in [4.69, 9.17) is 5.73 Å². The van der Waals surface area contributed by atoms with E-state index in [0.29, 0.717) is 17.2 Å². The molecule has 2 aromatic carbocycles. The predicted octanol–water partition coefficient (Wildman–Crippen LogP) is 3.31. The van der Waals surface area contributed by atoms with Gasteiger partial charge < -0.3 is 11.1 Å². The molecule has 3 rings (SSSR count). The minimum atomic E-state index is -0.326. The van der Waals surface area contributed by atoms with Crippen molar-refractivity contribution in [1.29, 1.82) is 0 Å². The Hall–Kier alpha value is -1.91. The maximum atomic E-state index is 12.8. The highest BCUT2D eigenvalue weighted by atomic mass is 35.5. The second-order valence-electron chi connectivity index (χ2n) is 5.09. The molecule has 1 saturated carbocycles. The number of hydrogen-bond donors (Lipinski definition) is 2. The van der Waals surface area contributed by atoms with Gasteiger partial charge in [-0.05, 0) is 48.4 Å². The standard InChI is InChI=1S/C16H15FN2O.ClH/c17-12-4-6-13(7-5-12)19-16(20)11-3-1-2-10(8-11)14-9-15(14)18;/h1-8,14-15H,9,18H2,(H,19,20);1H/t14-,15+;/m0./s1. The first-order valence-corrected chi connectivity index (χ1v) is 6.56. The molecule has 3 nitrogen and oxygen atoms in total. The number of amides is 1. The van der Waals surface area contributed by atoms with Gasteiger partial charge in [0.25, 0.3) is 5.91 Å². The van der Waals surface area contributed by atoms with Gasteiger partial charge in [-0.3, -0.25) is 4.79 Å². The SMILES string of the molecule is Cl.N[C@@H]1C[C@H]1c1cccc(C(=O)Nc2ccc(F)cc2)c1. The van der Waals surface area contributed by atoms with E-state index in [9.17, 15) is 9.18 Å². The van der Waals surface area contributed by atoms with Crippen molar-refractivity contribution in [3.8, 4) is 0 Å². The fourth-order valence-electron chi connectivity index (χ4n) is 2.24. The van der Waals surface area contributed by atoms with Crippen LogP contribution in [0.5, 0.6) is 0 Å². The van der Waals surface area contributed by atoms with E-state index in [0.717, 1.165) is 12.0 Å². The van der Waals surface area contributed by atoms with E-state index < -0.39 is 0 Å². The van der Waals surface area contributed by atoms with Crippen LogP contribution in [0.1, 0.15) is 28.3 Å². The Labute approximate surface area is 128 Å². The Balaban J connectivity index is 0.00000161. The Morgan fingerprint density at radius 1 is 1.19 bits per heavy atom. The van der Waals surface area contributed by atoms with Crippen molar-refractivity contribution in [2.45, 2.75) is 18.4 Å². The molecule has 3 N–H and O–H groups in total. The van der Waals surface area contributed by atoms with Crippen LogP contribution >= 0.6 is 12.4 Å². The Bertz CT molecular complexity index is 645. The maximum absolute atomic E-state index is 12.8. The van der Waals surface area contributed by atoms with Crippen LogP contribution < -0.4 is 11.1 Å². The van der Waals surface area contributed by atoms with Crippen molar-refractivity contribution in [1.82, 2.24) is 0 Å². The molecule has 1 fully saturated rings. The Morgan fingerprint density at radius 2 is 1.86 bits per heavy atom. The summed E-state index contributed by atoms with van der Waals surface area (Å²) in [4.78, 5) is 12.1. The van der Waals surface area contributed by atoms with Crippen molar-refractivity contribution < 1.29 is 9.18 Å². The Kier molecular flexibility index (Phi) is 4.60. The summed E-state index contributed by atoms with van der Waals surface area (Å²) in [6, 6.07) is 13.4. The minimum Gasteiger partial charge on any atom is -0.327 e. The summed E-state index contributed by atoms with van der Waals surface area (Å²) in [5.74, 6) is -0.158. The zero-order valence-electron chi connectivity index (χ0n) is 11.3. The summed E-state index contributed by atoms with van der Waals surface area (Å²) in [7, 11) is 0. The summed E-state index contributed by atoms with van der Waals surface area (Å²) in [5, 5.41) is 2.75. The van der Waals surface area contributed by atoms with Gasteiger partial charge in [0.1, 0.15) is 5.82 Å². The molecule has 0 spiro atoms. The molecule has 1 aliphatic rings. The Morgan fingerprint density at radius 3 is 2.48 bits per heavy atom. The molecule has 0 unspecified atom stereocenters. The third-order valence-corrected chi connectivity index (χ3v) is 3.52. The molecule has 0 aromatic heterocycles. The second kappa shape index (κ2) is 6.24. The van der Waals surface area contributed by atoms with Crippen molar-refractivity contribution >= 4 is 24.0 Å². The molecule has 0 saturated heterocycles. The van der Waals surface area contributed by atoms with E-state index in [1.807, 2.05) is 18.2 Å². The lowest BCUT2D eigenvalue weighted by molar-refractivity contribution is 0.102. The maximum Gasteiger partial charge on any atom is 0.255 e. The number of nitrogens with two attached hydrogens (primary N) is 1. The number of hydrogen-bond acceptors (Lipinski definition) is 2. The summed E-state index contributed by atoms with van der Waals surface area (Å²) in [5.41, 5.74) is 8.09. The highest BCUT2D eigenvalue weighted by Gasteiger charge is 2.34. The van der Waals surface area contributed by atoms with Crippen LogP contribution in [0, 0.1) is 5.82 Å². The zero-order chi connectivity index (χ0) is 14.1. The normalized spacial score (nSPS) is 19.5. The van der Waals surface area contributed by atoms with Gasteiger partial charge in [-0.15, -0.1) is 12.4 Å². The van der Waals surface area contributed by atoms with Crippen molar-refractivity contribution in [2.75, 3.05) is 5.32 Å². The number of benzene rings is 2. The van der Waals surface area contributed by atoms with Gasteiger partial charge in [-0.2, -0.15) is 0 Å². The zero-order valence-corrected chi connectivity index (χ0v) is 12.1. The van der Waals surface area contributed by atoms with Crippen molar-refractivity contribution in [3.63, 3.8) is 0 Å². The van der Waals surface area contributed by atoms with E-state index in [-0.39, 0.29) is 30.2 Å². The number of halogens is 2. The minimum absolute atomic E-state index is 0. The topological polar surface area (TPSA) is 55.1 Å². The average molecular weight is 307 g/mol. The molecule has 2 aromatic rings. The van der Waals surface area contributed by atoms with E-state index in [1.165, 1.54) is 24.3 Å². The summed E-state index contributed by atoms with van der Waals surface area (Å²) < 4.78 is 12.8. The molecule has 0 radical (unpaired) electrons. The fourth-order valence-corrected chi connectivity index (χ4v) is 2.24. The van der Waals surface area contributed by atoms with E-state index in [1.54, 1.807) is 6.07 Å². The quantitative estimate of drug-likeness (QED) is 0.914. The third-order valence-electron chi connectivity index (χ3n) is 3.52. The van der Waals surface area contributed by atoms with Gasteiger partial charge in [0, 0.05) is 23.2 Å². The van der Waals surface area contributed by atoms with Gasteiger partial charge in [0.05, 0.1) is 0 Å². The first-order valence-electron chi connectivity index (χ1n) is 6.56. The van der Waals surface area contributed by atoms with Crippen LogP contribution in [-0.4, -0.2) is 11.9 Å². The van der Waals surface area contributed by atoms with Gasteiger partial charge in [0.2, 0.25) is 0 Å². The van der Waals surface area contributed by atoms with Crippen LogP contribution in [0.2, 0.25) is 0 Å². The molecule has 110 valence electrons. The van der Waals surface area contributed by atoms with E-state index in [2.05, 4.69) is 5.32 Å². The molecule has 21 heavy (non-hydrogen) atoms. The van der Waals surface area contributed by atoms with Crippen LogP contribution in [0.25, 0.3) is 0 Å². The lowest BCUT2D eigenvalue weighted by Gasteiger charge is -2.07. The van der Waals surface area contributed by atoms with Crippen LogP contribution in [0.3, 0.4) is 0 Å². The predicted molar refractivity (Wildman–Crippen MR) is 83.4 cm³/mol. The lowest BCUT2D eigenvalue weighted by atomic mass is 10.1. The largest absolute Gasteiger partial charge is 0.327 e. The van der Waals surface area contributed by atoms with Crippen molar-refractivity contribution in [3.05, 3.63) is 65.5 Å². The number of carbonyl (C=O) groups excluding carboxylic acids is 1. The smallest absolute Gasteiger partial charge is 0.255 e. The summed E-state index contributed by atoms with van der Waals surface area (Å²) >= 11 is 0. The van der Waals surface area contributed by atoms with Crippen LogP contribution in [0.4, 0.5) is 10.1 Å². The monoisotopic (exact) mass is 306 g/mol. The second-order valence-corrected chi connectivity index (χ2v) is 5.09. The van der Waals surface area contributed by atoms with Gasteiger partial charge in [-0.25, -0.2) is 4.39 Å². The first kappa shape index (κ1) is 15.5. The van der Waals surface area contributed by atoms with E-state index >= 15 is 0 Å². The molecule has 0 heterocycles. The first-order chi connectivity index (χ1) is 9.63. The van der Waals surface area contributed by atoms with Crippen LogP contribution in [0.15, 0.2) is 48.5 Å². The third kappa shape index (κ3) is 3.60. The molecular weight excluding hydrogens is 291 g/mol. The lowest BCUT2D eigenvalue weighted by Crippen LogP contribution is -2.12. The van der Waals surface area contributed by atoms with Gasteiger partial charge in [-0.1, -0.05) is 12.1 Å². The molecule has 0 bridgehead atoms.